The van der Waals surface area contributed by atoms with Gasteiger partial charge in [0.05, 0.1) is 29.6 Å². The van der Waals surface area contributed by atoms with Gasteiger partial charge in [-0.2, -0.15) is 0 Å². The SMILES string of the molecule is COC(=O)c1c(Cc2cccnc2)c(C=CC(=O)O)c(N)c(C)c1S(=O)(=O)c1ccc(OC)cc1. The Kier molecular flexibility index (Phi) is 7.55. The topological polar surface area (TPSA) is 146 Å². The highest BCUT2D eigenvalue weighted by molar-refractivity contribution is 7.91. The maximum absolute atomic E-state index is 13.8. The molecule has 0 bridgehead atoms. The zero-order valence-corrected chi connectivity index (χ0v) is 20.1. The van der Waals surface area contributed by atoms with E-state index in [0.29, 0.717) is 11.3 Å². The van der Waals surface area contributed by atoms with E-state index in [0.717, 1.165) is 13.2 Å². The Morgan fingerprint density at radius 3 is 2.37 bits per heavy atom. The van der Waals surface area contributed by atoms with Crippen molar-refractivity contribution in [1.29, 1.82) is 0 Å². The van der Waals surface area contributed by atoms with E-state index in [-0.39, 0.29) is 44.2 Å². The molecule has 0 unspecified atom stereocenters. The molecule has 0 radical (unpaired) electrons. The number of aromatic nitrogens is 1. The number of carbonyl (C=O) groups is 2. The second kappa shape index (κ2) is 10.4. The summed E-state index contributed by atoms with van der Waals surface area (Å²) in [6.45, 7) is 1.46. The van der Waals surface area contributed by atoms with Crippen LogP contribution < -0.4 is 10.5 Å². The Morgan fingerprint density at radius 1 is 1.14 bits per heavy atom. The van der Waals surface area contributed by atoms with E-state index in [4.69, 9.17) is 15.2 Å². The van der Waals surface area contributed by atoms with E-state index >= 15 is 0 Å². The Hall–Kier alpha value is -4.18. The number of anilines is 1. The molecule has 3 aromatic rings. The molecule has 0 atom stereocenters. The first-order valence-electron chi connectivity index (χ1n) is 10.3. The van der Waals surface area contributed by atoms with E-state index < -0.39 is 21.8 Å². The van der Waals surface area contributed by atoms with Gasteiger partial charge in [-0.3, -0.25) is 4.98 Å². The number of ether oxygens (including phenoxy) is 2. The third-order valence-corrected chi connectivity index (χ3v) is 7.35. The number of carboxylic acid groups (broad SMARTS) is 1. The van der Waals surface area contributed by atoms with Crippen LogP contribution in [0.3, 0.4) is 0 Å². The number of nitrogen functional groups attached to an aromatic ring is 1. The summed E-state index contributed by atoms with van der Waals surface area (Å²) < 4.78 is 37.7. The van der Waals surface area contributed by atoms with Crippen LogP contribution in [0.2, 0.25) is 0 Å². The number of hydrogen-bond acceptors (Lipinski definition) is 8. The third kappa shape index (κ3) is 5.17. The average Bonchev–Trinajstić information content (AvgIpc) is 2.85. The predicted molar refractivity (Wildman–Crippen MR) is 129 cm³/mol. The van der Waals surface area contributed by atoms with Crippen LogP contribution in [0.4, 0.5) is 5.69 Å². The summed E-state index contributed by atoms with van der Waals surface area (Å²) >= 11 is 0. The van der Waals surface area contributed by atoms with Crippen LogP contribution in [0.1, 0.15) is 32.6 Å². The molecule has 3 rings (SSSR count). The lowest BCUT2D eigenvalue weighted by molar-refractivity contribution is -0.131. The van der Waals surface area contributed by atoms with Crippen molar-refractivity contribution in [3.8, 4) is 5.75 Å². The van der Waals surface area contributed by atoms with Gasteiger partial charge in [0.1, 0.15) is 5.75 Å². The number of hydrogen-bond donors (Lipinski definition) is 2. The van der Waals surface area contributed by atoms with E-state index in [1.165, 1.54) is 44.4 Å². The fourth-order valence-corrected chi connectivity index (χ4v) is 5.43. The van der Waals surface area contributed by atoms with Crippen molar-refractivity contribution in [3.63, 3.8) is 0 Å². The average molecular weight is 497 g/mol. The maximum atomic E-state index is 13.8. The molecule has 2 aromatic carbocycles. The predicted octanol–water partition coefficient (Wildman–Crippen LogP) is 3.29. The van der Waals surface area contributed by atoms with Crippen LogP contribution in [-0.4, -0.2) is 44.7 Å². The molecule has 0 spiro atoms. The molecule has 0 fully saturated rings. The number of benzene rings is 2. The highest BCUT2D eigenvalue weighted by Crippen LogP contribution is 2.38. The van der Waals surface area contributed by atoms with Gasteiger partial charge in [0.25, 0.3) is 0 Å². The van der Waals surface area contributed by atoms with Gasteiger partial charge in [-0.25, -0.2) is 18.0 Å². The number of carbonyl (C=O) groups excluding carboxylic acids is 1. The molecule has 182 valence electrons. The minimum Gasteiger partial charge on any atom is -0.497 e. The number of nitrogens with zero attached hydrogens (tertiary/aromatic N) is 1. The number of nitrogens with two attached hydrogens (primary N) is 1. The second-order valence-electron chi connectivity index (χ2n) is 7.52. The lowest BCUT2D eigenvalue weighted by Crippen LogP contribution is -2.19. The highest BCUT2D eigenvalue weighted by atomic mass is 32.2. The molecule has 0 saturated carbocycles. The van der Waals surface area contributed by atoms with Gasteiger partial charge in [0.2, 0.25) is 9.84 Å². The molecule has 0 amide bonds. The van der Waals surface area contributed by atoms with Crippen molar-refractivity contribution < 1.29 is 32.6 Å². The zero-order chi connectivity index (χ0) is 25.8. The fraction of sp³-hybridized carbons (Fsp3) is 0.160. The minimum atomic E-state index is -4.26. The van der Waals surface area contributed by atoms with Crippen LogP contribution >= 0.6 is 0 Å². The van der Waals surface area contributed by atoms with E-state index in [9.17, 15) is 23.1 Å². The molecule has 35 heavy (non-hydrogen) atoms. The van der Waals surface area contributed by atoms with Crippen LogP contribution in [-0.2, 0) is 25.8 Å². The summed E-state index contributed by atoms with van der Waals surface area (Å²) in [5.41, 5.74) is 7.34. The summed E-state index contributed by atoms with van der Waals surface area (Å²) in [5.74, 6) is -1.67. The van der Waals surface area contributed by atoms with Crippen molar-refractivity contribution in [2.24, 2.45) is 0 Å². The Morgan fingerprint density at radius 2 is 1.83 bits per heavy atom. The number of methoxy groups -OCH3 is 2. The highest BCUT2D eigenvalue weighted by Gasteiger charge is 2.33. The van der Waals surface area contributed by atoms with Crippen molar-refractivity contribution in [1.82, 2.24) is 4.98 Å². The maximum Gasteiger partial charge on any atom is 0.339 e. The molecule has 10 heteroatoms. The van der Waals surface area contributed by atoms with E-state index in [1.807, 2.05) is 0 Å². The van der Waals surface area contributed by atoms with Crippen molar-refractivity contribution >= 4 is 33.5 Å². The van der Waals surface area contributed by atoms with Crippen molar-refractivity contribution in [2.75, 3.05) is 20.0 Å². The van der Waals surface area contributed by atoms with Crippen LogP contribution in [0.25, 0.3) is 6.08 Å². The summed E-state index contributed by atoms with van der Waals surface area (Å²) in [4.78, 5) is 28.0. The van der Waals surface area contributed by atoms with Gasteiger partial charge >= 0.3 is 11.9 Å². The Balaban J connectivity index is 2.43. The molecule has 0 aliphatic carbocycles. The van der Waals surface area contributed by atoms with Crippen molar-refractivity contribution in [2.45, 2.75) is 23.1 Å². The van der Waals surface area contributed by atoms with Gasteiger partial charge in [-0.15, -0.1) is 0 Å². The molecule has 1 heterocycles. The smallest absolute Gasteiger partial charge is 0.339 e. The molecule has 3 N–H and O–H groups in total. The fourth-order valence-electron chi connectivity index (χ4n) is 3.71. The minimum absolute atomic E-state index is 0.0288. The summed E-state index contributed by atoms with van der Waals surface area (Å²) in [6, 6.07) is 9.14. The lowest BCUT2D eigenvalue weighted by atomic mass is 9.91. The number of pyridine rings is 1. The number of aliphatic carboxylic acids is 1. The monoisotopic (exact) mass is 496 g/mol. The molecule has 9 nitrogen and oxygen atoms in total. The zero-order valence-electron chi connectivity index (χ0n) is 19.3. The molecule has 0 aliphatic heterocycles. The quantitative estimate of drug-likeness (QED) is 0.272. The Labute approximate surface area is 202 Å². The largest absolute Gasteiger partial charge is 0.497 e. The van der Waals surface area contributed by atoms with Gasteiger partial charge in [-0.1, -0.05) is 6.07 Å². The number of carboxylic acids is 1. The third-order valence-electron chi connectivity index (χ3n) is 5.41. The molecular formula is C25H24N2O7S. The van der Waals surface area contributed by atoms with Crippen LogP contribution in [0, 0.1) is 6.92 Å². The van der Waals surface area contributed by atoms with Gasteiger partial charge in [0.15, 0.2) is 0 Å². The standard InChI is InChI=1S/C25H24N2O7S/c1-15-23(26)19(10-11-21(28)29)20(13-16-5-4-12-27-14-16)22(25(30)34-3)24(15)35(31,32)18-8-6-17(33-2)7-9-18/h4-12,14H,13,26H2,1-3H3,(H,28,29). The number of rotatable bonds is 8. The molecule has 0 saturated heterocycles. The molecule has 1 aromatic heterocycles. The van der Waals surface area contributed by atoms with Crippen LogP contribution in [0.5, 0.6) is 5.75 Å². The summed E-state index contributed by atoms with van der Waals surface area (Å²) in [6.07, 6.45) is 5.29. The Bertz CT molecular complexity index is 1400. The van der Waals surface area contributed by atoms with Crippen molar-refractivity contribution in [3.05, 3.63) is 82.7 Å². The number of sulfone groups is 1. The molecule has 0 aliphatic rings. The first-order chi connectivity index (χ1) is 16.6. The van der Waals surface area contributed by atoms with E-state index in [2.05, 4.69) is 4.98 Å². The second-order valence-corrected chi connectivity index (χ2v) is 9.40. The summed E-state index contributed by atoms with van der Waals surface area (Å²) in [5, 5.41) is 9.18. The number of esters is 1. The lowest BCUT2D eigenvalue weighted by Gasteiger charge is -2.21. The van der Waals surface area contributed by atoms with Gasteiger partial charge in [0, 0.05) is 36.1 Å². The van der Waals surface area contributed by atoms with E-state index in [1.54, 1.807) is 24.5 Å². The normalized spacial score (nSPS) is 11.4. The first kappa shape index (κ1) is 25.4. The molecular weight excluding hydrogens is 472 g/mol. The first-order valence-corrected chi connectivity index (χ1v) is 11.8. The van der Waals surface area contributed by atoms with Crippen LogP contribution in [0.15, 0.2) is 64.7 Å². The summed E-state index contributed by atoms with van der Waals surface area (Å²) in [7, 11) is -1.66. The van der Waals surface area contributed by atoms with Gasteiger partial charge in [-0.05, 0) is 60.0 Å². The van der Waals surface area contributed by atoms with Gasteiger partial charge < -0.3 is 20.3 Å².